The molecular formula is C21H23FN4OS. The van der Waals surface area contributed by atoms with E-state index >= 15 is 0 Å². The number of rotatable bonds is 5. The molecule has 0 bridgehead atoms. The molecule has 1 fully saturated rings. The summed E-state index contributed by atoms with van der Waals surface area (Å²) in [5, 5.41) is 2.12. The van der Waals surface area contributed by atoms with Crippen LogP contribution in [0.15, 0.2) is 59.9 Å². The molecule has 0 aliphatic carbocycles. The molecule has 0 radical (unpaired) electrons. The van der Waals surface area contributed by atoms with Crippen molar-refractivity contribution in [1.82, 2.24) is 19.7 Å². The van der Waals surface area contributed by atoms with Gasteiger partial charge in [-0.25, -0.2) is 9.18 Å². The van der Waals surface area contributed by atoms with Crippen LogP contribution in [0.5, 0.6) is 0 Å². The van der Waals surface area contributed by atoms with Gasteiger partial charge in [-0.1, -0.05) is 30.0 Å². The number of nitrogens with zero attached hydrogens (tertiary/aromatic N) is 4. The first-order valence-corrected chi connectivity index (χ1v) is 10.3. The Balaban J connectivity index is 1.47. The van der Waals surface area contributed by atoms with E-state index in [0.29, 0.717) is 6.54 Å². The number of amides is 2. The van der Waals surface area contributed by atoms with Crippen molar-refractivity contribution in [2.75, 3.05) is 13.1 Å². The van der Waals surface area contributed by atoms with Gasteiger partial charge in [0.1, 0.15) is 5.82 Å². The second kappa shape index (κ2) is 8.22. The van der Waals surface area contributed by atoms with E-state index in [4.69, 9.17) is 0 Å². The Morgan fingerprint density at radius 3 is 2.71 bits per heavy atom. The number of benzene rings is 1. The van der Waals surface area contributed by atoms with E-state index in [1.807, 2.05) is 22.1 Å². The van der Waals surface area contributed by atoms with Gasteiger partial charge < -0.3 is 9.80 Å². The van der Waals surface area contributed by atoms with Gasteiger partial charge in [-0.15, -0.1) is 0 Å². The highest BCUT2D eigenvalue weighted by Crippen LogP contribution is 2.36. The zero-order chi connectivity index (χ0) is 19.5. The van der Waals surface area contributed by atoms with Gasteiger partial charge in [0.15, 0.2) is 5.50 Å². The third-order valence-corrected chi connectivity index (χ3v) is 6.28. The molecular weight excluding hydrogens is 375 g/mol. The van der Waals surface area contributed by atoms with E-state index in [-0.39, 0.29) is 17.3 Å². The van der Waals surface area contributed by atoms with Crippen LogP contribution in [0, 0.1) is 5.82 Å². The summed E-state index contributed by atoms with van der Waals surface area (Å²) in [6, 6.07) is 10.4. The minimum Gasteiger partial charge on any atom is -0.341 e. The van der Waals surface area contributed by atoms with E-state index in [1.54, 1.807) is 30.1 Å². The first kappa shape index (κ1) is 18.8. The Morgan fingerprint density at radius 1 is 1.14 bits per heavy atom. The Bertz CT molecular complexity index is 858. The normalized spacial score (nSPS) is 19.9. The lowest BCUT2D eigenvalue weighted by molar-refractivity contribution is 0.0857. The van der Waals surface area contributed by atoms with Gasteiger partial charge in [-0.3, -0.25) is 9.88 Å². The molecule has 3 heterocycles. The van der Waals surface area contributed by atoms with Crippen LogP contribution in [0.25, 0.3) is 0 Å². The first-order valence-electron chi connectivity index (χ1n) is 9.39. The average Bonchev–Trinajstić information content (AvgIpc) is 3.06. The number of allylic oxidation sites excluding steroid dienone is 1. The molecule has 0 spiro atoms. The van der Waals surface area contributed by atoms with Crippen molar-refractivity contribution in [3.8, 4) is 0 Å². The first-order chi connectivity index (χ1) is 13.6. The zero-order valence-corrected chi connectivity index (χ0v) is 16.6. The van der Waals surface area contributed by atoms with Crippen LogP contribution in [0.3, 0.4) is 0 Å². The van der Waals surface area contributed by atoms with E-state index in [2.05, 4.69) is 28.3 Å². The maximum atomic E-state index is 13.2. The fourth-order valence-electron chi connectivity index (χ4n) is 3.57. The van der Waals surface area contributed by atoms with Crippen LogP contribution in [-0.2, 0) is 13.1 Å². The number of hydrogen-bond acceptors (Lipinski definition) is 4. The molecule has 2 aliphatic rings. The highest BCUT2D eigenvalue weighted by molar-refractivity contribution is 8.02. The summed E-state index contributed by atoms with van der Waals surface area (Å²) in [6.07, 6.45) is 4.56. The summed E-state index contributed by atoms with van der Waals surface area (Å²) in [5.41, 5.74) is 3.17. The monoisotopic (exact) mass is 398 g/mol. The second-order valence-electron chi connectivity index (χ2n) is 7.09. The van der Waals surface area contributed by atoms with Crippen molar-refractivity contribution < 1.29 is 9.18 Å². The van der Waals surface area contributed by atoms with E-state index in [1.165, 1.54) is 12.1 Å². The van der Waals surface area contributed by atoms with Gasteiger partial charge in [0.2, 0.25) is 0 Å². The van der Waals surface area contributed by atoms with Crippen molar-refractivity contribution in [3.05, 3.63) is 76.8 Å². The summed E-state index contributed by atoms with van der Waals surface area (Å²) in [5.74, 6) is -0.259. The zero-order valence-electron chi connectivity index (χ0n) is 15.8. The van der Waals surface area contributed by atoms with Gasteiger partial charge in [-0.05, 0) is 48.1 Å². The molecule has 2 aliphatic heterocycles. The Hall–Kier alpha value is -2.54. The maximum Gasteiger partial charge on any atom is 0.322 e. The predicted molar refractivity (Wildman–Crippen MR) is 108 cm³/mol. The summed E-state index contributed by atoms with van der Waals surface area (Å²) >= 11 is 1.67. The molecule has 1 saturated heterocycles. The van der Waals surface area contributed by atoms with Crippen molar-refractivity contribution in [2.45, 2.75) is 31.9 Å². The maximum absolute atomic E-state index is 13.2. The van der Waals surface area contributed by atoms with Gasteiger partial charge in [-0.2, -0.15) is 0 Å². The molecule has 2 amide bonds. The molecule has 0 saturated carbocycles. The molecule has 0 N–H and O–H groups in total. The number of hydrogen-bond donors (Lipinski definition) is 0. The molecule has 1 aromatic carbocycles. The Morgan fingerprint density at radius 2 is 1.96 bits per heavy atom. The number of halogens is 1. The molecule has 7 heteroatoms. The highest BCUT2D eigenvalue weighted by Gasteiger charge is 2.37. The van der Waals surface area contributed by atoms with Crippen LogP contribution in [-0.4, -0.2) is 44.3 Å². The van der Waals surface area contributed by atoms with Crippen LogP contribution in [0.4, 0.5) is 9.18 Å². The van der Waals surface area contributed by atoms with Crippen molar-refractivity contribution in [3.63, 3.8) is 0 Å². The summed E-state index contributed by atoms with van der Waals surface area (Å²) in [6.45, 7) is 4.76. The third-order valence-electron chi connectivity index (χ3n) is 5.05. The molecule has 1 unspecified atom stereocenters. The highest BCUT2D eigenvalue weighted by atomic mass is 32.2. The number of pyridine rings is 1. The summed E-state index contributed by atoms with van der Waals surface area (Å²) in [7, 11) is 0. The van der Waals surface area contributed by atoms with Gasteiger partial charge >= 0.3 is 6.03 Å². The number of thioether (sulfide) groups is 1. The third kappa shape index (κ3) is 3.99. The minimum absolute atomic E-state index is 0.0346. The van der Waals surface area contributed by atoms with Crippen molar-refractivity contribution in [1.29, 1.82) is 0 Å². The summed E-state index contributed by atoms with van der Waals surface area (Å²) < 4.78 is 13.2. The standard InChI is InChI=1S/C21H23FN4OS/c1-16-15-28-21(26(16)14-18-4-2-9-23-12-18)25-11-3-10-24(20(25)27)13-17-5-7-19(22)8-6-17/h2,4-9,12,15,21H,3,10-11,13-14H2,1H3. The lowest BCUT2D eigenvalue weighted by Crippen LogP contribution is -2.55. The molecule has 5 nitrogen and oxygen atoms in total. The molecule has 1 aromatic heterocycles. The van der Waals surface area contributed by atoms with E-state index in [9.17, 15) is 9.18 Å². The Kier molecular flexibility index (Phi) is 5.52. The smallest absolute Gasteiger partial charge is 0.322 e. The van der Waals surface area contributed by atoms with Gasteiger partial charge in [0, 0.05) is 44.3 Å². The number of urea groups is 1. The van der Waals surface area contributed by atoms with Gasteiger partial charge in [0.05, 0.1) is 0 Å². The van der Waals surface area contributed by atoms with E-state index in [0.717, 1.165) is 42.9 Å². The fourth-order valence-corrected chi connectivity index (χ4v) is 4.76. The number of carbonyl (C=O) groups is 1. The van der Waals surface area contributed by atoms with Crippen molar-refractivity contribution in [2.24, 2.45) is 0 Å². The van der Waals surface area contributed by atoms with Crippen LogP contribution in [0.2, 0.25) is 0 Å². The molecule has 2 aromatic rings. The average molecular weight is 399 g/mol. The molecule has 146 valence electrons. The van der Waals surface area contributed by atoms with Crippen LogP contribution < -0.4 is 0 Å². The quantitative estimate of drug-likeness (QED) is 0.755. The number of carbonyl (C=O) groups excluding carboxylic acids is 1. The van der Waals surface area contributed by atoms with E-state index < -0.39 is 0 Å². The topological polar surface area (TPSA) is 39.7 Å². The van der Waals surface area contributed by atoms with Crippen molar-refractivity contribution >= 4 is 17.8 Å². The van der Waals surface area contributed by atoms with Crippen LogP contribution in [0.1, 0.15) is 24.5 Å². The fraction of sp³-hybridized carbons (Fsp3) is 0.333. The van der Waals surface area contributed by atoms with Gasteiger partial charge in [0.25, 0.3) is 0 Å². The SMILES string of the molecule is CC1=CSC(N2CCCN(Cc3ccc(F)cc3)C2=O)N1Cc1cccnc1. The Labute approximate surface area is 168 Å². The molecule has 28 heavy (non-hydrogen) atoms. The second-order valence-corrected chi connectivity index (χ2v) is 8.02. The molecule has 4 rings (SSSR count). The molecule has 1 atom stereocenters. The predicted octanol–water partition coefficient (Wildman–Crippen LogP) is 4.24. The minimum atomic E-state index is -0.259. The van der Waals surface area contributed by atoms with Crippen LogP contribution >= 0.6 is 11.8 Å². The lowest BCUT2D eigenvalue weighted by atomic mass is 10.2. The lowest BCUT2D eigenvalue weighted by Gasteiger charge is -2.42. The summed E-state index contributed by atoms with van der Waals surface area (Å²) in [4.78, 5) is 23.4. The largest absolute Gasteiger partial charge is 0.341 e. The number of aromatic nitrogens is 1.